The monoisotopic (exact) mass is 444 g/mol. The van der Waals surface area contributed by atoms with E-state index in [1.54, 1.807) is 13.9 Å². The summed E-state index contributed by atoms with van der Waals surface area (Å²) in [4.78, 5) is 14.6. The number of carboxylic acid groups (broad SMARTS) is 1. The molecule has 3 rings (SSSR count). The zero-order chi connectivity index (χ0) is 23.0. The van der Waals surface area contributed by atoms with E-state index in [0.29, 0.717) is 17.6 Å². The molecule has 6 nitrogen and oxygen atoms in total. The Labute approximate surface area is 170 Å². The second-order valence-electron chi connectivity index (χ2n) is 6.40. The Morgan fingerprint density at radius 3 is 2.19 bits per heavy atom. The van der Waals surface area contributed by atoms with Crippen molar-refractivity contribution in [3.05, 3.63) is 47.5 Å². The SMILES string of the molecule is Bc1ccc(OCC(=O)O)c(-c2nc(-c3cc(C(F)(F)F)cc(C(F)(F)F)c3)no2)c1. The van der Waals surface area contributed by atoms with E-state index in [1.807, 2.05) is 0 Å². The van der Waals surface area contributed by atoms with E-state index in [1.165, 1.54) is 12.1 Å². The van der Waals surface area contributed by atoms with Gasteiger partial charge in [0.2, 0.25) is 5.82 Å². The lowest BCUT2D eigenvalue weighted by molar-refractivity contribution is -0.143. The molecule has 0 saturated carbocycles. The first-order valence-electron chi connectivity index (χ1n) is 8.44. The average molecular weight is 444 g/mol. The molecule has 2 aromatic carbocycles. The van der Waals surface area contributed by atoms with Gasteiger partial charge in [0.25, 0.3) is 5.89 Å². The van der Waals surface area contributed by atoms with Crippen LogP contribution in [-0.4, -0.2) is 35.7 Å². The van der Waals surface area contributed by atoms with Crippen molar-refractivity contribution in [2.75, 3.05) is 6.61 Å². The number of rotatable bonds is 5. The summed E-state index contributed by atoms with van der Waals surface area (Å²) in [6.45, 7) is -0.695. The molecule has 1 heterocycles. The van der Waals surface area contributed by atoms with Crippen LogP contribution in [0.4, 0.5) is 26.3 Å². The Balaban J connectivity index is 2.07. The maximum absolute atomic E-state index is 13.1. The normalized spacial score (nSPS) is 12.1. The van der Waals surface area contributed by atoms with Gasteiger partial charge in [-0.15, -0.1) is 0 Å². The number of aromatic nitrogens is 2. The number of hydrogen-bond acceptors (Lipinski definition) is 5. The Morgan fingerprint density at radius 2 is 1.65 bits per heavy atom. The highest BCUT2D eigenvalue weighted by molar-refractivity contribution is 6.32. The van der Waals surface area contributed by atoms with E-state index >= 15 is 0 Å². The summed E-state index contributed by atoms with van der Waals surface area (Å²) >= 11 is 0. The molecule has 31 heavy (non-hydrogen) atoms. The molecule has 0 bridgehead atoms. The van der Waals surface area contributed by atoms with E-state index in [0.717, 1.165) is 0 Å². The van der Waals surface area contributed by atoms with Crippen molar-refractivity contribution in [3.8, 4) is 28.6 Å². The van der Waals surface area contributed by atoms with E-state index in [9.17, 15) is 31.1 Å². The Morgan fingerprint density at radius 1 is 1.03 bits per heavy atom. The molecule has 0 aliphatic heterocycles. The topological polar surface area (TPSA) is 85.5 Å². The highest BCUT2D eigenvalue weighted by Crippen LogP contribution is 2.38. The molecule has 0 unspecified atom stereocenters. The van der Waals surface area contributed by atoms with Crippen LogP contribution in [0, 0.1) is 0 Å². The van der Waals surface area contributed by atoms with Crippen LogP contribution in [0.2, 0.25) is 0 Å². The number of halogens is 6. The predicted molar refractivity (Wildman–Crippen MR) is 96.5 cm³/mol. The van der Waals surface area contributed by atoms with Crippen molar-refractivity contribution < 1.29 is 45.5 Å². The molecular formula is C18H11BF6N2O4. The highest BCUT2D eigenvalue weighted by Gasteiger charge is 2.37. The molecule has 0 atom stereocenters. The Kier molecular flexibility index (Phi) is 5.70. The van der Waals surface area contributed by atoms with Crippen LogP contribution in [0.1, 0.15) is 11.1 Å². The van der Waals surface area contributed by atoms with E-state index in [-0.39, 0.29) is 23.3 Å². The van der Waals surface area contributed by atoms with Gasteiger partial charge in [0.05, 0.1) is 16.7 Å². The van der Waals surface area contributed by atoms with E-state index in [2.05, 4.69) is 10.1 Å². The first kappa shape index (κ1) is 22.2. The van der Waals surface area contributed by atoms with Gasteiger partial charge in [-0.3, -0.25) is 0 Å². The van der Waals surface area contributed by atoms with Gasteiger partial charge in [0, 0.05) is 5.56 Å². The first-order chi connectivity index (χ1) is 14.3. The summed E-state index contributed by atoms with van der Waals surface area (Å²) in [6, 6.07) is 5.44. The molecule has 0 fully saturated rings. The molecule has 0 spiro atoms. The molecule has 13 heteroatoms. The van der Waals surface area contributed by atoms with Crippen LogP contribution in [0.15, 0.2) is 40.9 Å². The number of benzene rings is 2. The minimum Gasteiger partial charge on any atom is -0.481 e. The molecule has 3 aromatic rings. The lowest BCUT2D eigenvalue weighted by Crippen LogP contribution is -2.11. The van der Waals surface area contributed by atoms with E-state index in [4.69, 9.17) is 14.4 Å². The summed E-state index contributed by atoms with van der Waals surface area (Å²) in [6.07, 6.45) is -10.1. The fraction of sp³-hybridized carbons (Fsp3) is 0.167. The third kappa shape index (κ3) is 5.16. The zero-order valence-corrected chi connectivity index (χ0v) is 15.5. The molecule has 0 aliphatic carbocycles. The summed E-state index contributed by atoms with van der Waals surface area (Å²) in [5.41, 5.74) is -2.80. The predicted octanol–water partition coefficient (Wildman–Crippen LogP) is 3.16. The van der Waals surface area contributed by atoms with Crippen LogP contribution in [0.25, 0.3) is 22.8 Å². The number of carbonyl (C=O) groups is 1. The molecule has 0 aliphatic rings. The standard InChI is InChI=1S/C18H11BF6N2O4/c19-11-1-2-13(30-7-14(28)29)12(6-11)16-26-15(27-31-16)8-3-9(17(20,21)22)5-10(4-8)18(23,24)25/h1-6H,7,19H2,(H,28,29). The first-order valence-corrected chi connectivity index (χ1v) is 8.44. The lowest BCUT2D eigenvalue weighted by atomic mass is 9.94. The number of aliphatic carboxylic acids is 1. The van der Waals surface area contributed by atoms with Crippen molar-refractivity contribution in [2.24, 2.45) is 0 Å². The number of nitrogens with zero attached hydrogens (tertiary/aromatic N) is 2. The number of carboxylic acids is 1. The van der Waals surface area contributed by atoms with Crippen molar-refractivity contribution >= 4 is 19.3 Å². The minimum absolute atomic E-state index is 0.0110. The van der Waals surface area contributed by atoms with Crippen molar-refractivity contribution in [2.45, 2.75) is 12.4 Å². The summed E-state index contributed by atoms with van der Waals surface area (Å²) < 4.78 is 88.6. The van der Waals surface area contributed by atoms with Gasteiger partial charge in [-0.25, -0.2) is 4.79 Å². The third-order valence-corrected chi connectivity index (χ3v) is 3.99. The molecular weight excluding hydrogens is 433 g/mol. The molecule has 0 radical (unpaired) electrons. The minimum atomic E-state index is -5.03. The van der Waals surface area contributed by atoms with Crippen molar-refractivity contribution in [1.29, 1.82) is 0 Å². The maximum atomic E-state index is 13.1. The number of alkyl halides is 6. The van der Waals surface area contributed by atoms with Gasteiger partial charge in [0.15, 0.2) is 6.61 Å². The molecule has 0 saturated heterocycles. The molecule has 1 N–H and O–H groups in total. The summed E-state index contributed by atoms with van der Waals surface area (Å²) in [5, 5.41) is 12.2. The van der Waals surface area contributed by atoms with Crippen LogP contribution in [0.3, 0.4) is 0 Å². The van der Waals surface area contributed by atoms with Crippen molar-refractivity contribution in [1.82, 2.24) is 10.1 Å². The lowest BCUT2D eigenvalue weighted by Gasteiger charge is -2.12. The Bertz CT molecular complexity index is 1090. The van der Waals surface area contributed by atoms with Gasteiger partial charge < -0.3 is 14.4 Å². The van der Waals surface area contributed by atoms with Gasteiger partial charge in [-0.05, 0) is 24.3 Å². The van der Waals surface area contributed by atoms with E-state index < -0.39 is 47.4 Å². The van der Waals surface area contributed by atoms with Crippen LogP contribution in [0.5, 0.6) is 5.75 Å². The Hall–Kier alpha value is -3.51. The molecule has 162 valence electrons. The van der Waals surface area contributed by atoms with Gasteiger partial charge in [-0.2, -0.15) is 31.3 Å². The third-order valence-electron chi connectivity index (χ3n) is 3.99. The number of hydrogen-bond donors (Lipinski definition) is 1. The zero-order valence-electron chi connectivity index (χ0n) is 15.5. The summed E-state index contributed by atoms with van der Waals surface area (Å²) in [5.74, 6) is -2.02. The fourth-order valence-corrected chi connectivity index (χ4v) is 2.61. The van der Waals surface area contributed by atoms with Crippen LogP contribution in [-0.2, 0) is 17.1 Å². The summed E-state index contributed by atoms with van der Waals surface area (Å²) in [7, 11) is 1.68. The van der Waals surface area contributed by atoms with Crippen LogP contribution >= 0.6 is 0 Å². The molecule has 1 aromatic heterocycles. The van der Waals surface area contributed by atoms with Gasteiger partial charge in [-0.1, -0.05) is 22.8 Å². The van der Waals surface area contributed by atoms with Gasteiger partial charge >= 0.3 is 18.3 Å². The fourth-order valence-electron chi connectivity index (χ4n) is 2.61. The quantitative estimate of drug-likeness (QED) is 0.481. The highest BCUT2D eigenvalue weighted by atomic mass is 19.4. The number of ether oxygens (including phenoxy) is 1. The second kappa shape index (κ2) is 7.97. The largest absolute Gasteiger partial charge is 0.481 e. The van der Waals surface area contributed by atoms with Crippen molar-refractivity contribution in [3.63, 3.8) is 0 Å². The van der Waals surface area contributed by atoms with Gasteiger partial charge in [0.1, 0.15) is 13.6 Å². The average Bonchev–Trinajstić information content (AvgIpc) is 3.15. The molecule has 0 amide bonds. The second-order valence-corrected chi connectivity index (χ2v) is 6.40. The smallest absolute Gasteiger partial charge is 0.416 e. The maximum Gasteiger partial charge on any atom is 0.416 e. The van der Waals surface area contributed by atoms with Crippen LogP contribution < -0.4 is 10.2 Å².